The third-order valence-corrected chi connectivity index (χ3v) is 3.52. The van der Waals surface area contributed by atoms with Gasteiger partial charge in [-0.2, -0.15) is 8.42 Å². The Labute approximate surface area is 110 Å². The van der Waals surface area contributed by atoms with Crippen molar-refractivity contribution >= 4 is 38.2 Å². The van der Waals surface area contributed by atoms with Crippen LogP contribution in [0, 0.1) is 0 Å². The summed E-state index contributed by atoms with van der Waals surface area (Å²) >= 11 is 0. The Morgan fingerprint density at radius 1 is 1.21 bits per heavy atom. The molecule has 2 rings (SSSR count). The van der Waals surface area contributed by atoms with Crippen LogP contribution in [0.2, 0.25) is 0 Å². The third kappa shape index (κ3) is 2.67. The minimum Gasteiger partial charge on any atom is -0.398 e. The molecule has 0 atom stereocenters. The Balaban J connectivity index is 2.77. The summed E-state index contributed by atoms with van der Waals surface area (Å²) in [4.78, 5) is 10.7. The summed E-state index contributed by atoms with van der Waals surface area (Å²) < 4.78 is 31.8. The average molecular weight is 280 g/mol. The van der Waals surface area contributed by atoms with Gasteiger partial charge in [-0.05, 0) is 24.3 Å². The maximum atomic E-state index is 11.3. The molecule has 0 aliphatic carbocycles. The lowest BCUT2D eigenvalue weighted by Gasteiger charge is -2.09. The van der Waals surface area contributed by atoms with Gasteiger partial charge in [-0.3, -0.25) is 9.35 Å². The predicted octanol–water partition coefficient (Wildman–Crippen LogP) is 1.63. The SMILES string of the molecule is CC(=O)Nc1ccc2c(N)ccc(S(=O)(=O)O)c2c1. The van der Waals surface area contributed by atoms with Crippen LogP contribution < -0.4 is 11.1 Å². The molecule has 0 bridgehead atoms. The molecule has 1 amide bonds. The van der Waals surface area contributed by atoms with Gasteiger partial charge in [-0.25, -0.2) is 0 Å². The molecule has 0 saturated carbocycles. The molecule has 6 nitrogen and oxygen atoms in total. The van der Waals surface area contributed by atoms with E-state index in [1.165, 1.54) is 25.1 Å². The van der Waals surface area contributed by atoms with Crippen LogP contribution in [0.4, 0.5) is 11.4 Å². The Morgan fingerprint density at radius 3 is 2.47 bits per heavy atom. The standard InChI is InChI=1S/C12H12N2O4S/c1-7(15)14-8-2-3-9-10(6-8)12(19(16,17)18)5-4-11(9)13/h2-6H,13H2,1H3,(H,14,15)(H,16,17,18). The summed E-state index contributed by atoms with van der Waals surface area (Å²) in [6, 6.07) is 7.28. The van der Waals surface area contributed by atoms with E-state index in [9.17, 15) is 17.8 Å². The Kier molecular flexibility index (Phi) is 3.17. The molecule has 2 aromatic carbocycles. The number of nitrogens with one attached hydrogen (secondary N) is 1. The minimum absolute atomic E-state index is 0.246. The van der Waals surface area contributed by atoms with Gasteiger partial charge < -0.3 is 11.1 Å². The first-order valence-corrected chi connectivity index (χ1v) is 6.80. The summed E-state index contributed by atoms with van der Waals surface area (Å²) in [6.07, 6.45) is 0. The molecule has 0 radical (unpaired) electrons. The second-order valence-corrected chi connectivity index (χ2v) is 5.46. The number of carbonyl (C=O) groups excluding carboxylic acids is 1. The van der Waals surface area contributed by atoms with Gasteiger partial charge >= 0.3 is 0 Å². The first kappa shape index (κ1) is 13.3. The van der Waals surface area contributed by atoms with Gasteiger partial charge in [0, 0.05) is 29.1 Å². The molecule has 4 N–H and O–H groups in total. The van der Waals surface area contributed by atoms with E-state index in [-0.39, 0.29) is 16.2 Å². The summed E-state index contributed by atoms with van der Waals surface area (Å²) in [5, 5.41) is 3.29. The molecule has 100 valence electrons. The van der Waals surface area contributed by atoms with Crippen molar-refractivity contribution in [1.29, 1.82) is 0 Å². The monoisotopic (exact) mass is 280 g/mol. The minimum atomic E-state index is -4.36. The van der Waals surface area contributed by atoms with Crippen LogP contribution in [0.3, 0.4) is 0 Å². The van der Waals surface area contributed by atoms with Crippen molar-refractivity contribution in [2.75, 3.05) is 11.1 Å². The lowest BCUT2D eigenvalue weighted by atomic mass is 10.1. The molecule has 2 aromatic rings. The lowest BCUT2D eigenvalue weighted by Crippen LogP contribution is -2.06. The quantitative estimate of drug-likeness (QED) is 0.572. The second-order valence-electron chi connectivity index (χ2n) is 4.07. The van der Waals surface area contributed by atoms with Crippen molar-refractivity contribution in [3.8, 4) is 0 Å². The number of nitrogens with two attached hydrogens (primary N) is 1. The van der Waals surface area contributed by atoms with Crippen LogP contribution >= 0.6 is 0 Å². The molecule has 0 aliphatic rings. The molecular formula is C12H12N2O4S. The van der Waals surface area contributed by atoms with Gasteiger partial charge in [0.2, 0.25) is 5.91 Å². The van der Waals surface area contributed by atoms with Crippen LogP contribution in [0.1, 0.15) is 6.92 Å². The Morgan fingerprint density at radius 2 is 1.89 bits per heavy atom. The fraction of sp³-hybridized carbons (Fsp3) is 0.0833. The van der Waals surface area contributed by atoms with Crippen LogP contribution in [-0.2, 0) is 14.9 Å². The van der Waals surface area contributed by atoms with Gasteiger partial charge in [0.1, 0.15) is 4.90 Å². The second kappa shape index (κ2) is 4.52. The molecule has 0 saturated heterocycles. The Hall–Kier alpha value is -2.12. The van der Waals surface area contributed by atoms with E-state index in [1.807, 2.05) is 0 Å². The molecule has 0 spiro atoms. The number of hydrogen-bond acceptors (Lipinski definition) is 4. The molecular weight excluding hydrogens is 268 g/mol. The van der Waals surface area contributed by atoms with Gasteiger partial charge in [0.05, 0.1) is 0 Å². The van der Waals surface area contributed by atoms with Crippen LogP contribution in [0.15, 0.2) is 35.2 Å². The van der Waals surface area contributed by atoms with E-state index in [2.05, 4.69) is 5.32 Å². The van der Waals surface area contributed by atoms with Crippen molar-refractivity contribution in [2.24, 2.45) is 0 Å². The molecule has 0 fully saturated rings. The fourth-order valence-electron chi connectivity index (χ4n) is 1.85. The van der Waals surface area contributed by atoms with E-state index in [4.69, 9.17) is 5.73 Å². The largest absolute Gasteiger partial charge is 0.398 e. The number of fused-ring (bicyclic) bond motifs is 1. The van der Waals surface area contributed by atoms with Crippen LogP contribution in [0.5, 0.6) is 0 Å². The summed E-state index contributed by atoms with van der Waals surface area (Å²) in [5.74, 6) is -0.281. The van der Waals surface area contributed by atoms with Gasteiger partial charge in [-0.1, -0.05) is 6.07 Å². The highest BCUT2D eigenvalue weighted by molar-refractivity contribution is 7.86. The van der Waals surface area contributed by atoms with E-state index in [0.29, 0.717) is 16.8 Å². The zero-order valence-electron chi connectivity index (χ0n) is 10.0. The summed E-state index contributed by atoms with van der Waals surface area (Å²) in [7, 11) is -4.36. The molecule has 0 heterocycles. The fourth-order valence-corrected chi connectivity index (χ4v) is 2.54. The third-order valence-electron chi connectivity index (χ3n) is 2.61. The highest BCUT2D eigenvalue weighted by atomic mass is 32.2. The van der Waals surface area contributed by atoms with Crippen molar-refractivity contribution in [2.45, 2.75) is 11.8 Å². The number of carbonyl (C=O) groups is 1. The molecule has 0 unspecified atom stereocenters. The number of rotatable bonds is 2. The van der Waals surface area contributed by atoms with Crippen LogP contribution in [0.25, 0.3) is 10.8 Å². The average Bonchev–Trinajstić information content (AvgIpc) is 2.26. The maximum Gasteiger partial charge on any atom is 0.295 e. The molecule has 0 aliphatic heterocycles. The smallest absolute Gasteiger partial charge is 0.295 e. The van der Waals surface area contributed by atoms with Crippen LogP contribution in [-0.4, -0.2) is 18.9 Å². The van der Waals surface area contributed by atoms with Crippen molar-refractivity contribution in [1.82, 2.24) is 0 Å². The van der Waals surface area contributed by atoms with Crippen molar-refractivity contribution in [3.05, 3.63) is 30.3 Å². The number of benzene rings is 2. The molecule has 0 aromatic heterocycles. The summed E-state index contributed by atoms with van der Waals surface area (Å²) in [6.45, 7) is 1.34. The maximum absolute atomic E-state index is 11.3. The highest BCUT2D eigenvalue weighted by Crippen LogP contribution is 2.30. The lowest BCUT2D eigenvalue weighted by molar-refractivity contribution is -0.114. The number of amides is 1. The van der Waals surface area contributed by atoms with Gasteiger partial charge in [0.25, 0.3) is 10.1 Å². The van der Waals surface area contributed by atoms with E-state index >= 15 is 0 Å². The number of nitrogen functional groups attached to an aromatic ring is 1. The number of anilines is 2. The summed E-state index contributed by atoms with van der Waals surface area (Å²) in [5.41, 5.74) is 6.57. The van der Waals surface area contributed by atoms with Crippen molar-refractivity contribution < 1.29 is 17.8 Å². The molecule has 19 heavy (non-hydrogen) atoms. The molecule has 7 heteroatoms. The van der Waals surface area contributed by atoms with E-state index < -0.39 is 10.1 Å². The zero-order valence-corrected chi connectivity index (χ0v) is 10.9. The highest BCUT2D eigenvalue weighted by Gasteiger charge is 2.15. The normalized spacial score (nSPS) is 11.5. The zero-order chi connectivity index (χ0) is 14.2. The number of hydrogen-bond donors (Lipinski definition) is 3. The first-order valence-electron chi connectivity index (χ1n) is 5.36. The first-order chi connectivity index (χ1) is 8.79. The van der Waals surface area contributed by atoms with E-state index in [1.54, 1.807) is 12.1 Å². The Bertz CT molecular complexity index is 769. The van der Waals surface area contributed by atoms with Gasteiger partial charge in [-0.15, -0.1) is 0 Å². The van der Waals surface area contributed by atoms with Gasteiger partial charge in [0.15, 0.2) is 0 Å². The van der Waals surface area contributed by atoms with Crippen molar-refractivity contribution in [3.63, 3.8) is 0 Å². The van der Waals surface area contributed by atoms with E-state index in [0.717, 1.165) is 0 Å². The topological polar surface area (TPSA) is 109 Å². The predicted molar refractivity (Wildman–Crippen MR) is 72.5 cm³/mol.